The molecule has 0 spiro atoms. The Morgan fingerprint density at radius 3 is 2.64 bits per heavy atom. The van der Waals surface area contributed by atoms with Crippen molar-refractivity contribution in [3.63, 3.8) is 0 Å². The summed E-state index contributed by atoms with van der Waals surface area (Å²) in [6, 6.07) is 10.4. The maximum atomic E-state index is 12.2. The zero-order valence-electron chi connectivity index (χ0n) is 13.0. The number of aromatic carboxylic acids is 1. The molecule has 0 bridgehead atoms. The molecule has 3 N–H and O–H groups in total. The van der Waals surface area contributed by atoms with Gasteiger partial charge in [0.2, 0.25) is 10.0 Å². The first-order chi connectivity index (χ1) is 11.7. The Bertz CT molecular complexity index is 1150. The molecule has 0 aliphatic heterocycles. The summed E-state index contributed by atoms with van der Waals surface area (Å²) in [5, 5.41) is 9.33. The summed E-state index contributed by atoms with van der Waals surface area (Å²) in [7, 11) is -3.44. The Labute approximate surface area is 142 Å². The molecule has 1 heterocycles. The number of aromatic amines is 1. The van der Waals surface area contributed by atoms with Crippen molar-refractivity contribution < 1.29 is 18.3 Å². The van der Waals surface area contributed by atoms with Gasteiger partial charge in [0, 0.05) is 11.3 Å². The fraction of sp³-hybridized carbons (Fsp3) is 0.0625. The molecule has 128 valence electrons. The van der Waals surface area contributed by atoms with Gasteiger partial charge in [0.1, 0.15) is 5.82 Å². The number of aromatic nitrogens is 2. The highest BCUT2D eigenvalue weighted by Gasteiger charge is 2.10. The van der Waals surface area contributed by atoms with Gasteiger partial charge in [0.05, 0.1) is 22.7 Å². The summed E-state index contributed by atoms with van der Waals surface area (Å²) in [5.74, 6) is -0.915. The molecule has 3 aromatic rings. The van der Waals surface area contributed by atoms with Gasteiger partial charge in [-0.1, -0.05) is 12.1 Å². The second-order valence-electron chi connectivity index (χ2n) is 5.41. The number of carboxylic acid groups (broad SMARTS) is 1. The highest BCUT2D eigenvalue weighted by Crippen LogP contribution is 2.21. The van der Waals surface area contributed by atoms with Gasteiger partial charge < -0.3 is 10.1 Å². The van der Waals surface area contributed by atoms with Crippen LogP contribution in [0.15, 0.2) is 47.3 Å². The van der Waals surface area contributed by atoms with Crippen LogP contribution in [0, 0.1) is 0 Å². The Balaban J connectivity index is 2.14. The summed E-state index contributed by atoms with van der Waals surface area (Å²) in [4.78, 5) is 30.2. The third-order valence-electron chi connectivity index (χ3n) is 3.39. The number of sulfonamides is 1. The molecule has 0 aliphatic carbocycles. The minimum atomic E-state index is -3.44. The lowest BCUT2D eigenvalue weighted by molar-refractivity contribution is 0.0697. The summed E-state index contributed by atoms with van der Waals surface area (Å²) in [6.45, 7) is 0. The first-order valence-electron chi connectivity index (χ1n) is 7.08. The van der Waals surface area contributed by atoms with Gasteiger partial charge in [-0.15, -0.1) is 0 Å². The summed E-state index contributed by atoms with van der Waals surface area (Å²) < 4.78 is 25.0. The Hall–Kier alpha value is -3.20. The lowest BCUT2D eigenvalue weighted by Crippen LogP contribution is -2.11. The number of anilines is 1. The average Bonchev–Trinajstić information content (AvgIpc) is 2.52. The molecule has 0 saturated carbocycles. The highest BCUT2D eigenvalue weighted by atomic mass is 32.2. The molecule has 25 heavy (non-hydrogen) atoms. The van der Waals surface area contributed by atoms with Gasteiger partial charge in [-0.05, 0) is 30.3 Å². The zero-order chi connectivity index (χ0) is 18.2. The van der Waals surface area contributed by atoms with Crippen molar-refractivity contribution in [2.75, 3.05) is 11.0 Å². The number of nitrogens with zero attached hydrogens (tertiary/aromatic N) is 1. The first kappa shape index (κ1) is 16.7. The van der Waals surface area contributed by atoms with Gasteiger partial charge in [-0.25, -0.2) is 18.2 Å². The number of fused-ring (bicyclic) bond motifs is 1. The Kier molecular flexibility index (Phi) is 4.01. The second kappa shape index (κ2) is 6.02. The number of rotatable bonds is 4. The van der Waals surface area contributed by atoms with Crippen molar-refractivity contribution in [3.8, 4) is 11.4 Å². The topological polar surface area (TPSA) is 129 Å². The van der Waals surface area contributed by atoms with Crippen molar-refractivity contribution in [1.82, 2.24) is 9.97 Å². The van der Waals surface area contributed by atoms with Crippen LogP contribution in [0.3, 0.4) is 0 Å². The van der Waals surface area contributed by atoms with Crippen LogP contribution in [0.4, 0.5) is 5.69 Å². The van der Waals surface area contributed by atoms with E-state index >= 15 is 0 Å². The number of benzene rings is 2. The van der Waals surface area contributed by atoms with Gasteiger partial charge in [-0.3, -0.25) is 9.52 Å². The first-order valence-corrected chi connectivity index (χ1v) is 8.98. The molecule has 0 aliphatic rings. The van der Waals surface area contributed by atoms with E-state index in [4.69, 9.17) is 5.11 Å². The van der Waals surface area contributed by atoms with Gasteiger partial charge in [0.25, 0.3) is 5.56 Å². The van der Waals surface area contributed by atoms with Crippen LogP contribution in [-0.2, 0) is 10.0 Å². The number of carboxylic acids is 1. The van der Waals surface area contributed by atoms with Crippen molar-refractivity contribution in [3.05, 3.63) is 58.4 Å². The summed E-state index contributed by atoms with van der Waals surface area (Å²) >= 11 is 0. The zero-order valence-corrected chi connectivity index (χ0v) is 13.8. The highest BCUT2D eigenvalue weighted by molar-refractivity contribution is 7.92. The monoisotopic (exact) mass is 359 g/mol. The molecule has 1 aromatic heterocycles. The van der Waals surface area contributed by atoms with Gasteiger partial charge in [-0.2, -0.15) is 0 Å². The molecule has 0 amide bonds. The van der Waals surface area contributed by atoms with Crippen molar-refractivity contribution in [2.45, 2.75) is 0 Å². The molecule has 0 unspecified atom stereocenters. The van der Waals surface area contributed by atoms with Gasteiger partial charge >= 0.3 is 5.97 Å². The normalized spacial score (nSPS) is 11.4. The fourth-order valence-corrected chi connectivity index (χ4v) is 2.91. The lowest BCUT2D eigenvalue weighted by atomic mass is 10.1. The van der Waals surface area contributed by atoms with Crippen LogP contribution < -0.4 is 10.3 Å². The summed E-state index contributed by atoms with van der Waals surface area (Å²) in [6.07, 6.45) is 1.03. The number of hydrogen-bond acceptors (Lipinski definition) is 5. The third-order valence-corrected chi connectivity index (χ3v) is 4.00. The van der Waals surface area contributed by atoms with E-state index in [1.807, 2.05) is 0 Å². The number of nitrogens with one attached hydrogen (secondary N) is 2. The second-order valence-corrected chi connectivity index (χ2v) is 7.16. The molecule has 0 fully saturated rings. The van der Waals surface area contributed by atoms with E-state index in [-0.39, 0.29) is 22.3 Å². The minimum Gasteiger partial charge on any atom is -0.478 e. The molecule has 8 nitrogen and oxygen atoms in total. The molecular formula is C16H13N3O5S. The molecule has 0 atom stereocenters. The standard InChI is InChI=1S/C16H13N3O5S/c1-25(23,24)19-11-4-2-3-9(7-11)14-17-13-8-10(16(21)22)5-6-12(13)15(20)18-14/h2-8,19H,1H3,(H,21,22)(H,17,18,20). The van der Waals surface area contributed by atoms with Crippen molar-refractivity contribution >= 4 is 32.6 Å². The van der Waals surface area contributed by atoms with Crippen LogP contribution in [0.5, 0.6) is 0 Å². The maximum absolute atomic E-state index is 12.2. The molecule has 0 saturated heterocycles. The van der Waals surface area contributed by atoms with E-state index in [0.29, 0.717) is 11.3 Å². The molecule has 2 aromatic carbocycles. The van der Waals surface area contributed by atoms with Crippen molar-refractivity contribution in [2.24, 2.45) is 0 Å². The molecule has 9 heteroatoms. The van der Waals surface area contributed by atoms with E-state index in [2.05, 4.69) is 14.7 Å². The largest absolute Gasteiger partial charge is 0.478 e. The van der Waals surface area contributed by atoms with Gasteiger partial charge in [0.15, 0.2) is 0 Å². The Morgan fingerprint density at radius 2 is 1.96 bits per heavy atom. The smallest absolute Gasteiger partial charge is 0.335 e. The van der Waals surface area contributed by atoms with Crippen LogP contribution in [0.1, 0.15) is 10.4 Å². The summed E-state index contributed by atoms with van der Waals surface area (Å²) in [5.41, 5.74) is 0.637. The quantitative estimate of drug-likeness (QED) is 0.650. The third kappa shape index (κ3) is 3.66. The predicted molar refractivity (Wildman–Crippen MR) is 93.2 cm³/mol. The van der Waals surface area contributed by atoms with E-state index in [9.17, 15) is 18.0 Å². The molecule has 3 rings (SSSR count). The molecular weight excluding hydrogens is 346 g/mol. The predicted octanol–water partition coefficient (Wildman–Crippen LogP) is 1.66. The number of hydrogen-bond donors (Lipinski definition) is 3. The maximum Gasteiger partial charge on any atom is 0.335 e. The number of carbonyl (C=O) groups is 1. The van der Waals surface area contributed by atoms with Crippen LogP contribution in [-0.4, -0.2) is 35.7 Å². The van der Waals surface area contributed by atoms with E-state index in [1.54, 1.807) is 18.2 Å². The fourth-order valence-electron chi connectivity index (χ4n) is 2.35. The van der Waals surface area contributed by atoms with Crippen LogP contribution in [0.2, 0.25) is 0 Å². The Morgan fingerprint density at radius 1 is 1.20 bits per heavy atom. The SMILES string of the molecule is CS(=O)(=O)Nc1cccc(-c2nc3cc(C(=O)O)ccc3c(=O)[nH]2)c1. The van der Waals surface area contributed by atoms with Crippen LogP contribution in [0.25, 0.3) is 22.3 Å². The molecule has 0 radical (unpaired) electrons. The van der Waals surface area contributed by atoms with Crippen molar-refractivity contribution in [1.29, 1.82) is 0 Å². The minimum absolute atomic E-state index is 0.0176. The van der Waals surface area contributed by atoms with E-state index in [0.717, 1.165) is 6.26 Å². The van der Waals surface area contributed by atoms with Crippen LogP contribution >= 0.6 is 0 Å². The van der Waals surface area contributed by atoms with E-state index < -0.39 is 21.6 Å². The lowest BCUT2D eigenvalue weighted by Gasteiger charge is -2.07. The number of H-pyrrole nitrogens is 1. The average molecular weight is 359 g/mol. The van der Waals surface area contributed by atoms with E-state index in [1.165, 1.54) is 24.3 Å².